The number of nitrogens with one attached hydrogen (secondary N) is 1. The van der Waals surface area contributed by atoms with Crippen molar-refractivity contribution >= 4 is 29.4 Å². The van der Waals surface area contributed by atoms with Crippen LogP contribution in [0, 0.1) is 0 Å². The fourth-order valence-electron chi connectivity index (χ4n) is 2.23. The fraction of sp³-hybridized carbons (Fsp3) is 0.150. The molecule has 1 amide bonds. The van der Waals surface area contributed by atoms with Crippen LogP contribution >= 0.6 is 0 Å². The first kappa shape index (κ1) is 18.9. The number of esters is 1. The summed E-state index contributed by atoms with van der Waals surface area (Å²) in [5.74, 6) is -0.739. The van der Waals surface area contributed by atoms with Gasteiger partial charge >= 0.3 is 5.97 Å². The standard InChI is InChI=1S/C20H19NO5/c1-14(22)16-8-4-5-9-17(16)21-19(23)13-26-20(24)12-11-15-7-3-6-10-18(15)25-2/h3-12H,13H2,1-2H3,(H,21,23). The third kappa shape index (κ3) is 5.31. The topological polar surface area (TPSA) is 81.7 Å². The lowest BCUT2D eigenvalue weighted by molar-refractivity contribution is -0.142. The van der Waals surface area contributed by atoms with Crippen LogP contribution in [0.5, 0.6) is 5.75 Å². The maximum absolute atomic E-state index is 11.9. The molecule has 0 aliphatic carbocycles. The third-order valence-corrected chi connectivity index (χ3v) is 3.46. The van der Waals surface area contributed by atoms with Crippen LogP contribution < -0.4 is 10.1 Å². The summed E-state index contributed by atoms with van der Waals surface area (Å²) in [5.41, 5.74) is 1.49. The number of ether oxygens (including phenoxy) is 2. The second-order valence-corrected chi connectivity index (χ2v) is 5.33. The predicted molar refractivity (Wildman–Crippen MR) is 98.1 cm³/mol. The predicted octanol–water partition coefficient (Wildman–Crippen LogP) is 3.09. The van der Waals surface area contributed by atoms with Gasteiger partial charge in [0.25, 0.3) is 5.91 Å². The molecule has 1 N–H and O–H groups in total. The van der Waals surface area contributed by atoms with Crippen LogP contribution in [-0.2, 0) is 14.3 Å². The summed E-state index contributed by atoms with van der Waals surface area (Å²) in [4.78, 5) is 35.2. The minimum absolute atomic E-state index is 0.169. The van der Waals surface area contributed by atoms with Gasteiger partial charge in [-0.2, -0.15) is 0 Å². The van der Waals surface area contributed by atoms with Gasteiger partial charge in [0, 0.05) is 17.2 Å². The highest BCUT2D eigenvalue weighted by molar-refractivity contribution is 6.04. The fourth-order valence-corrected chi connectivity index (χ4v) is 2.23. The average Bonchev–Trinajstić information content (AvgIpc) is 2.65. The summed E-state index contributed by atoms with van der Waals surface area (Å²) in [6, 6.07) is 13.8. The first-order valence-electron chi connectivity index (χ1n) is 7.89. The summed E-state index contributed by atoms with van der Waals surface area (Å²) >= 11 is 0. The van der Waals surface area contributed by atoms with Gasteiger partial charge in [-0.3, -0.25) is 9.59 Å². The zero-order chi connectivity index (χ0) is 18.9. The van der Waals surface area contributed by atoms with Crippen molar-refractivity contribution < 1.29 is 23.9 Å². The second-order valence-electron chi connectivity index (χ2n) is 5.33. The largest absolute Gasteiger partial charge is 0.496 e. The number of ketones is 1. The van der Waals surface area contributed by atoms with E-state index < -0.39 is 18.5 Å². The van der Waals surface area contributed by atoms with E-state index in [2.05, 4.69) is 5.32 Å². The van der Waals surface area contributed by atoms with Gasteiger partial charge in [-0.25, -0.2) is 4.79 Å². The molecule has 0 unspecified atom stereocenters. The van der Waals surface area contributed by atoms with E-state index in [-0.39, 0.29) is 5.78 Å². The Balaban J connectivity index is 1.90. The molecule has 0 fully saturated rings. The van der Waals surface area contributed by atoms with Crippen molar-refractivity contribution in [1.29, 1.82) is 0 Å². The highest BCUT2D eigenvalue weighted by atomic mass is 16.5. The molecule has 6 heteroatoms. The Kier molecular flexibility index (Phi) is 6.68. The molecule has 2 aromatic carbocycles. The number of benzene rings is 2. The Morgan fingerprint density at radius 2 is 1.73 bits per heavy atom. The number of hydrogen-bond donors (Lipinski definition) is 1. The molecule has 0 aromatic heterocycles. The van der Waals surface area contributed by atoms with Crippen molar-refractivity contribution in [3.05, 3.63) is 65.7 Å². The van der Waals surface area contributed by atoms with Crippen LogP contribution in [0.25, 0.3) is 6.08 Å². The van der Waals surface area contributed by atoms with E-state index in [0.717, 1.165) is 0 Å². The van der Waals surface area contributed by atoms with E-state index in [9.17, 15) is 14.4 Å². The lowest BCUT2D eigenvalue weighted by atomic mass is 10.1. The SMILES string of the molecule is COc1ccccc1C=CC(=O)OCC(=O)Nc1ccccc1C(C)=O. The minimum Gasteiger partial charge on any atom is -0.496 e. The number of rotatable bonds is 7. The van der Waals surface area contributed by atoms with Crippen LogP contribution in [0.1, 0.15) is 22.8 Å². The summed E-state index contributed by atoms with van der Waals surface area (Å²) < 4.78 is 10.1. The lowest BCUT2D eigenvalue weighted by Gasteiger charge is -2.09. The minimum atomic E-state index is -0.661. The van der Waals surface area contributed by atoms with Crippen LogP contribution in [0.2, 0.25) is 0 Å². The van der Waals surface area contributed by atoms with Gasteiger partial charge in [-0.15, -0.1) is 0 Å². The summed E-state index contributed by atoms with van der Waals surface area (Å²) in [6.07, 6.45) is 2.76. The molecule has 0 aliphatic rings. The van der Waals surface area contributed by atoms with Crippen molar-refractivity contribution in [2.45, 2.75) is 6.92 Å². The maximum atomic E-state index is 11.9. The van der Waals surface area contributed by atoms with Crippen molar-refractivity contribution in [3.8, 4) is 5.75 Å². The molecule has 0 atom stereocenters. The smallest absolute Gasteiger partial charge is 0.331 e. The van der Waals surface area contributed by atoms with Crippen molar-refractivity contribution in [1.82, 2.24) is 0 Å². The average molecular weight is 353 g/mol. The molecule has 2 rings (SSSR count). The van der Waals surface area contributed by atoms with E-state index in [1.54, 1.807) is 42.5 Å². The van der Waals surface area contributed by atoms with Gasteiger partial charge in [0.15, 0.2) is 12.4 Å². The number of anilines is 1. The number of carbonyl (C=O) groups excluding carboxylic acids is 3. The Labute approximate surface area is 151 Å². The highest BCUT2D eigenvalue weighted by Crippen LogP contribution is 2.18. The van der Waals surface area contributed by atoms with E-state index >= 15 is 0 Å². The van der Waals surface area contributed by atoms with E-state index in [1.807, 2.05) is 12.1 Å². The molecule has 0 heterocycles. The zero-order valence-corrected chi connectivity index (χ0v) is 14.5. The molecule has 0 saturated heterocycles. The lowest BCUT2D eigenvalue weighted by Crippen LogP contribution is -2.21. The number of carbonyl (C=O) groups is 3. The van der Waals surface area contributed by atoms with Gasteiger partial charge in [-0.05, 0) is 31.2 Å². The van der Waals surface area contributed by atoms with Crippen molar-refractivity contribution in [2.24, 2.45) is 0 Å². The molecule has 26 heavy (non-hydrogen) atoms. The summed E-state index contributed by atoms with van der Waals surface area (Å²) in [7, 11) is 1.54. The van der Waals surface area contributed by atoms with Gasteiger partial charge in [0.2, 0.25) is 0 Å². The number of amides is 1. The Morgan fingerprint density at radius 1 is 1.04 bits per heavy atom. The molecule has 0 spiro atoms. The second kappa shape index (κ2) is 9.17. The van der Waals surface area contributed by atoms with Gasteiger partial charge in [0.05, 0.1) is 12.8 Å². The van der Waals surface area contributed by atoms with Crippen LogP contribution in [0.3, 0.4) is 0 Å². The molecular weight excluding hydrogens is 334 g/mol. The molecule has 2 aromatic rings. The first-order valence-corrected chi connectivity index (χ1v) is 7.89. The van der Waals surface area contributed by atoms with Gasteiger partial charge in [-0.1, -0.05) is 30.3 Å². The molecule has 0 aliphatic heterocycles. The molecule has 134 valence electrons. The van der Waals surface area contributed by atoms with Crippen LogP contribution in [-0.4, -0.2) is 31.4 Å². The summed E-state index contributed by atoms with van der Waals surface area (Å²) in [6.45, 7) is 0.953. The van der Waals surface area contributed by atoms with Crippen LogP contribution in [0.4, 0.5) is 5.69 Å². The maximum Gasteiger partial charge on any atom is 0.331 e. The van der Waals surface area contributed by atoms with Crippen molar-refractivity contribution in [3.63, 3.8) is 0 Å². The Morgan fingerprint density at radius 3 is 2.46 bits per heavy atom. The summed E-state index contributed by atoms with van der Waals surface area (Å²) in [5, 5.41) is 2.56. The van der Waals surface area contributed by atoms with Gasteiger partial charge < -0.3 is 14.8 Å². The first-order chi connectivity index (χ1) is 12.5. The van der Waals surface area contributed by atoms with E-state index in [4.69, 9.17) is 9.47 Å². The third-order valence-electron chi connectivity index (χ3n) is 3.46. The van der Waals surface area contributed by atoms with Crippen molar-refractivity contribution in [2.75, 3.05) is 19.0 Å². The Bertz CT molecular complexity index is 842. The van der Waals surface area contributed by atoms with E-state index in [1.165, 1.54) is 20.1 Å². The molecule has 0 bridgehead atoms. The number of methoxy groups -OCH3 is 1. The number of Topliss-reactive ketones (excluding diaryl/α,β-unsaturated/α-hetero) is 1. The highest BCUT2D eigenvalue weighted by Gasteiger charge is 2.11. The molecule has 0 radical (unpaired) electrons. The number of para-hydroxylation sites is 2. The molecule has 6 nitrogen and oxygen atoms in total. The number of hydrogen-bond acceptors (Lipinski definition) is 5. The van der Waals surface area contributed by atoms with E-state index in [0.29, 0.717) is 22.6 Å². The normalized spacial score (nSPS) is 10.4. The Hall–Kier alpha value is -3.41. The quantitative estimate of drug-likeness (QED) is 0.470. The molecular formula is C20H19NO5. The molecule has 0 saturated carbocycles. The van der Waals surface area contributed by atoms with Crippen LogP contribution in [0.15, 0.2) is 54.6 Å². The van der Waals surface area contributed by atoms with Gasteiger partial charge in [0.1, 0.15) is 5.75 Å². The monoisotopic (exact) mass is 353 g/mol. The zero-order valence-electron chi connectivity index (χ0n) is 14.5.